The number of nitrogens with zero attached hydrogens (tertiary/aromatic N) is 1. The van der Waals surface area contributed by atoms with Crippen LogP contribution in [0.5, 0.6) is 5.75 Å². The van der Waals surface area contributed by atoms with E-state index >= 15 is 0 Å². The van der Waals surface area contributed by atoms with Crippen LogP contribution in [0.3, 0.4) is 0 Å². The average molecular weight is 505 g/mol. The van der Waals surface area contributed by atoms with Crippen LogP contribution in [0.1, 0.15) is 59.7 Å². The van der Waals surface area contributed by atoms with Crippen molar-refractivity contribution in [3.8, 4) is 5.75 Å². The highest BCUT2D eigenvalue weighted by Gasteiger charge is 2.20. The largest absolute Gasteiger partial charge is 0.486 e. The smallest absolute Gasteiger partial charge is 0.162 e. The highest BCUT2D eigenvalue weighted by Crippen LogP contribution is 2.28. The summed E-state index contributed by atoms with van der Waals surface area (Å²) < 4.78 is 6.29. The Bertz CT molecular complexity index is 1080. The number of rotatable bonds is 12. The van der Waals surface area contributed by atoms with Crippen LogP contribution < -0.4 is 10.1 Å². The lowest BCUT2D eigenvalue weighted by Crippen LogP contribution is -2.33. The zero-order valence-electron chi connectivity index (χ0n) is 21.2. The van der Waals surface area contributed by atoms with Gasteiger partial charge in [0.15, 0.2) is 5.78 Å². The molecule has 1 unspecified atom stereocenters. The first-order valence-electron chi connectivity index (χ1n) is 13.1. The molecule has 4 nitrogen and oxygen atoms in total. The Hall–Kier alpha value is -2.66. The van der Waals surface area contributed by atoms with E-state index in [2.05, 4.69) is 40.5 Å². The summed E-state index contributed by atoms with van der Waals surface area (Å²) in [5, 5.41) is 3.89. The molecule has 4 rings (SSSR count). The third kappa shape index (κ3) is 7.92. The third-order valence-electron chi connectivity index (χ3n) is 7.07. The molecule has 0 amide bonds. The fraction of sp³-hybridized carbons (Fsp3) is 0.387. The summed E-state index contributed by atoms with van der Waals surface area (Å²) in [6.07, 6.45) is 4.63. The molecule has 0 spiro atoms. The number of carbonyl (C=O) groups excluding carboxylic acids is 1. The Labute approximate surface area is 220 Å². The molecule has 1 saturated heterocycles. The lowest BCUT2D eigenvalue weighted by atomic mass is 9.90. The predicted molar refractivity (Wildman–Crippen MR) is 148 cm³/mol. The van der Waals surface area contributed by atoms with Gasteiger partial charge in [-0.2, -0.15) is 0 Å². The van der Waals surface area contributed by atoms with Gasteiger partial charge in [0.1, 0.15) is 11.9 Å². The molecule has 1 fully saturated rings. The Morgan fingerprint density at radius 1 is 1.03 bits per heavy atom. The molecule has 1 atom stereocenters. The molecule has 1 N–H and O–H groups in total. The van der Waals surface area contributed by atoms with E-state index in [4.69, 9.17) is 16.3 Å². The lowest BCUT2D eigenvalue weighted by Gasteiger charge is -2.32. The highest BCUT2D eigenvalue weighted by atomic mass is 35.5. The van der Waals surface area contributed by atoms with Crippen LogP contribution >= 0.6 is 11.6 Å². The SMILES string of the molecule is CNCCC(Oc1ccc(C(=O)CCC2CCN(Cc3ccccc3)CC2)cc1)c1cccc(Cl)c1. The van der Waals surface area contributed by atoms with Gasteiger partial charge in [0, 0.05) is 30.0 Å². The van der Waals surface area contributed by atoms with Gasteiger partial charge >= 0.3 is 0 Å². The van der Waals surface area contributed by atoms with Crippen LogP contribution in [0.25, 0.3) is 0 Å². The number of ether oxygens (including phenoxy) is 1. The second kappa shape index (κ2) is 13.6. The molecule has 36 heavy (non-hydrogen) atoms. The number of carbonyl (C=O) groups is 1. The first-order valence-corrected chi connectivity index (χ1v) is 13.4. The molecule has 0 saturated carbocycles. The first kappa shape index (κ1) is 26.4. The molecule has 0 aromatic heterocycles. The minimum absolute atomic E-state index is 0.106. The quantitative estimate of drug-likeness (QED) is 0.271. The van der Waals surface area contributed by atoms with E-state index in [1.54, 1.807) is 0 Å². The number of ketones is 1. The van der Waals surface area contributed by atoms with E-state index < -0.39 is 0 Å². The van der Waals surface area contributed by atoms with Crippen molar-refractivity contribution in [2.45, 2.75) is 44.8 Å². The van der Waals surface area contributed by atoms with Gasteiger partial charge in [-0.3, -0.25) is 9.69 Å². The Morgan fingerprint density at radius 3 is 2.47 bits per heavy atom. The molecule has 0 aliphatic carbocycles. The number of hydrogen-bond acceptors (Lipinski definition) is 4. The van der Waals surface area contributed by atoms with Crippen LogP contribution in [0.2, 0.25) is 5.02 Å². The van der Waals surface area contributed by atoms with Crippen molar-refractivity contribution < 1.29 is 9.53 Å². The van der Waals surface area contributed by atoms with Gasteiger partial charge in [0.25, 0.3) is 0 Å². The Balaban J connectivity index is 1.24. The van der Waals surface area contributed by atoms with Crippen molar-refractivity contribution in [3.05, 3.63) is 101 Å². The molecular formula is C31H37ClN2O2. The number of halogens is 1. The van der Waals surface area contributed by atoms with Crippen molar-refractivity contribution in [3.63, 3.8) is 0 Å². The van der Waals surface area contributed by atoms with Crippen molar-refractivity contribution in [1.29, 1.82) is 0 Å². The first-order chi connectivity index (χ1) is 17.6. The van der Waals surface area contributed by atoms with Crippen molar-refractivity contribution >= 4 is 17.4 Å². The maximum absolute atomic E-state index is 12.9. The van der Waals surface area contributed by atoms with Gasteiger partial charge in [-0.1, -0.05) is 54.1 Å². The molecule has 3 aromatic rings. The van der Waals surface area contributed by atoms with Gasteiger partial charge in [-0.25, -0.2) is 0 Å². The second-order valence-electron chi connectivity index (χ2n) is 9.75. The zero-order valence-corrected chi connectivity index (χ0v) is 21.9. The summed E-state index contributed by atoms with van der Waals surface area (Å²) in [4.78, 5) is 15.4. The normalized spacial score (nSPS) is 15.5. The van der Waals surface area contributed by atoms with Crippen molar-refractivity contribution in [1.82, 2.24) is 10.2 Å². The van der Waals surface area contributed by atoms with Crippen LogP contribution in [0.4, 0.5) is 0 Å². The minimum atomic E-state index is -0.106. The fourth-order valence-electron chi connectivity index (χ4n) is 4.91. The molecule has 190 valence electrons. The van der Waals surface area contributed by atoms with Gasteiger partial charge in [0.2, 0.25) is 0 Å². The van der Waals surface area contributed by atoms with E-state index in [9.17, 15) is 4.79 Å². The number of likely N-dealkylation sites (tertiary alicyclic amines) is 1. The van der Waals surface area contributed by atoms with E-state index in [0.717, 1.165) is 55.9 Å². The molecule has 5 heteroatoms. The number of benzene rings is 3. The zero-order chi connectivity index (χ0) is 25.2. The van der Waals surface area contributed by atoms with E-state index in [1.165, 1.54) is 18.4 Å². The third-order valence-corrected chi connectivity index (χ3v) is 7.30. The summed E-state index contributed by atoms with van der Waals surface area (Å²) >= 11 is 6.20. The van der Waals surface area contributed by atoms with Crippen molar-refractivity contribution in [2.24, 2.45) is 5.92 Å². The van der Waals surface area contributed by atoms with Gasteiger partial charge in [-0.15, -0.1) is 0 Å². The Morgan fingerprint density at radius 2 is 1.78 bits per heavy atom. The monoisotopic (exact) mass is 504 g/mol. The standard InChI is InChI=1S/C31H37ClN2O2/c1-33-19-16-31(27-8-5-9-28(32)22-27)36-29-13-11-26(12-14-29)30(35)15-10-24-17-20-34(21-18-24)23-25-6-3-2-4-7-25/h2-9,11-14,22,24,31,33H,10,15-21,23H2,1H3. The number of Topliss-reactive ketones (excluding diaryl/α,β-unsaturated/α-hetero) is 1. The predicted octanol–water partition coefficient (Wildman–Crippen LogP) is 6.94. The number of hydrogen-bond donors (Lipinski definition) is 1. The lowest BCUT2D eigenvalue weighted by molar-refractivity contribution is 0.0961. The molecule has 1 heterocycles. The topological polar surface area (TPSA) is 41.6 Å². The van der Waals surface area contributed by atoms with Crippen molar-refractivity contribution in [2.75, 3.05) is 26.7 Å². The summed E-state index contributed by atoms with van der Waals surface area (Å²) in [6.45, 7) is 4.08. The molecular weight excluding hydrogens is 468 g/mol. The summed E-state index contributed by atoms with van der Waals surface area (Å²) in [5.41, 5.74) is 3.19. The number of piperidine rings is 1. The number of nitrogens with one attached hydrogen (secondary N) is 1. The maximum Gasteiger partial charge on any atom is 0.162 e. The summed E-state index contributed by atoms with van der Waals surface area (Å²) in [6, 6.07) is 26.1. The van der Waals surface area contributed by atoms with E-state index in [-0.39, 0.29) is 11.9 Å². The average Bonchev–Trinajstić information content (AvgIpc) is 2.91. The molecule has 3 aromatic carbocycles. The van der Waals surface area contributed by atoms with E-state index in [1.807, 2.05) is 55.6 Å². The van der Waals surface area contributed by atoms with Gasteiger partial charge in [0.05, 0.1) is 0 Å². The van der Waals surface area contributed by atoms with Gasteiger partial charge in [-0.05, 0) is 99.4 Å². The highest BCUT2D eigenvalue weighted by molar-refractivity contribution is 6.30. The molecule has 1 aliphatic rings. The Kier molecular flexibility index (Phi) is 9.97. The minimum Gasteiger partial charge on any atom is -0.486 e. The molecule has 0 radical (unpaired) electrons. The van der Waals surface area contributed by atoms with Crippen LogP contribution in [0.15, 0.2) is 78.9 Å². The van der Waals surface area contributed by atoms with Crippen LogP contribution in [-0.2, 0) is 6.54 Å². The van der Waals surface area contributed by atoms with Gasteiger partial charge < -0.3 is 10.1 Å². The maximum atomic E-state index is 12.9. The van der Waals surface area contributed by atoms with E-state index in [0.29, 0.717) is 17.4 Å². The van der Waals surface area contributed by atoms with Crippen LogP contribution in [0, 0.1) is 5.92 Å². The van der Waals surface area contributed by atoms with Crippen LogP contribution in [-0.4, -0.2) is 37.4 Å². The fourth-order valence-corrected chi connectivity index (χ4v) is 5.11. The summed E-state index contributed by atoms with van der Waals surface area (Å²) in [5.74, 6) is 1.61. The molecule has 1 aliphatic heterocycles. The second-order valence-corrected chi connectivity index (χ2v) is 10.2. The molecule has 0 bridgehead atoms. The summed E-state index contributed by atoms with van der Waals surface area (Å²) in [7, 11) is 1.93.